The number of nitrogens with one attached hydrogen (secondary N) is 1. The van der Waals surface area contributed by atoms with Crippen molar-refractivity contribution in [2.45, 2.75) is 6.42 Å². The molecule has 3 nitrogen and oxygen atoms in total. The van der Waals surface area contributed by atoms with Gasteiger partial charge < -0.3 is 10.4 Å². The molecule has 0 unspecified atom stereocenters. The summed E-state index contributed by atoms with van der Waals surface area (Å²) < 4.78 is 13.2. The van der Waals surface area contributed by atoms with Crippen LogP contribution in [0.25, 0.3) is 0 Å². The molecule has 0 aliphatic rings. The van der Waals surface area contributed by atoms with Crippen molar-refractivity contribution >= 4 is 5.91 Å². The molecule has 4 heteroatoms. The number of phenols is 1. The molecule has 0 saturated heterocycles. The van der Waals surface area contributed by atoms with Crippen molar-refractivity contribution in [1.29, 1.82) is 0 Å². The Balaban J connectivity index is 2.77. The Kier molecular flexibility index (Phi) is 3.85. The molecule has 1 rings (SSSR count). The van der Waals surface area contributed by atoms with Crippen LogP contribution < -0.4 is 5.32 Å². The fraction of sp³-hybridized carbons (Fsp3) is 0.182. The Morgan fingerprint density at radius 1 is 1.60 bits per heavy atom. The molecule has 1 amide bonds. The van der Waals surface area contributed by atoms with Crippen molar-refractivity contribution < 1.29 is 14.3 Å². The first-order chi connectivity index (χ1) is 7.16. The van der Waals surface area contributed by atoms with Gasteiger partial charge in [-0.05, 0) is 18.6 Å². The highest BCUT2D eigenvalue weighted by molar-refractivity contribution is 5.97. The lowest BCUT2D eigenvalue weighted by Crippen LogP contribution is -2.25. The van der Waals surface area contributed by atoms with Crippen LogP contribution >= 0.6 is 0 Å². The molecule has 1 aromatic carbocycles. The molecular weight excluding hydrogens is 197 g/mol. The van der Waals surface area contributed by atoms with Gasteiger partial charge in [0.2, 0.25) is 0 Å². The first-order valence-corrected chi connectivity index (χ1v) is 4.53. The number of halogens is 1. The Hall–Kier alpha value is -1.84. The predicted molar refractivity (Wildman–Crippen MR) is 55.2 cm³/mol. The molecule has 80 valence electrons. The minimum atomic E-state index is -0.730. The Bertz CT molecular complexity index is 357. The van der Waals surface area contributed by atoms with Gasteiger partial charge in [0.05, 0.1) is 0 Å². The number of hydrogen-bond acceptors (Lipinski definition) is 2. The highest BCUT2D eigenvalue weighted by Gasteiger charge is 2.15. The summed E-state index contributed by atoms with van der Waals surface area (Å²) in [5.74, 6) is -1.70. The minimum absolute atomic E-state index is 0.318. The standard InChI is InChI=1S/C11H12FNO2/c1-2-3-7-13-11(15)10-8(12)5-4-6-9(10)14/h2,4-6,14H,1,3,7H2,(H,13,15). The van der Waals surface area contributed by atoms with E-state index in [-0.39, 0.29) is 11.3 Å². The fourth-order valence-corrected chi connectivity index (χ4v) is 1.11. The number of phenolic OH excluding ortho intramolecular Hbond substituents is 1. The minimum Gasteiger partial charge on any atom is -0.507 e. The van der Waals surface area contributed by atoms with E-state index in [1.807, 2.05) is 0 Å². The molecule has 0 aliphatic carbocycles. The summed E-state index contributed by atoms with van der Waals surface area (Å²) in [7, 11) is 0. The molecule has 15 heavy (non-hydrogen) atoms. The zero-order chi connectivity index (χ0) is 11.3. The zero-order valence-corrected chi connectivity index (χ0v) is 8.16. The number of amides is 1. The first-order valence-electron chi connectivity index (χ1n) is 4.53. The van der Waals surface area contributed by atoms with Gasteiger partial charge in [0.1, 0.15) is 17.1 Å². The molecule has 2 N–H and O–H groups in total. The second-order valence-corrected chi connectivity index (χ2v) is 2.97. The summed E-state index contributed by atoms with van der Waals surface area (Å²) >= 11 is 0. The SMILES string of the molecule is C=CCCNC(=O)c1c(O)cccc1F. The number of rotatable bonds is 4. The van der Waals surface area contributed by atoms with Crippen molar-refractivity contribution in [2.75, 3.05) is 6.54 Å². The zero-order valence-electron chi connectivity index (χ0n) is 8.16. The van der Waals surface area contributed by atoms with E-state index in [0.717, 1.165) is 6.07 Å². The molecule has 0 spiro atoms. The van der Waals surface area contributed by atoms with Crippen molar-refractivity contribution in [3.8, 4) is 5.75 Å². The molecule has 0 atom stereocenters. The second-order valence-electron chi connectivity index (χ2n) is 2.97. The summed E-state index contributed by atoms with van der Waals surface area (Å²) in [4.78, 5) is 11.4. The van der Waals surface area contributed by atoms with Crippen LogP contribution in [-0.2, 0) is 0 Å². The largest absolute Gasteiger partial charge is 0.507 e. The average Bonchev–Trinajstić information content (AvgIpc) is 2.18. The van der Waals surface area contributed by atoms with Crippen LogP contribution in [0.4, 0.5) is 4.39 Å². The maximum atomic E-state index is 13.2. The van der Waals surface area contributed by atoms with E-state index in [0.29, 0.717) is 13.0 Å². The van der Waals surface area contributed by atoms with E-state index >= 15 is 0 Å². The Morgan fingerprint density at radius 2 is 2.33 bits per heavy atom. The van der Waals surface area contributed by atoms with Crippen LogP contribution in [0.15, 0.2) is 30.9 Å². The third-order valence-electron chi connectivity index (χ3n) is 1.85. The molecular formula is C11H12FNO2. The quantitative estimate of drug-likeness (QED) is 0.587. The van der Waals surface area contributed by atoms with Crippen LogP contribution in [0.2, 0.25) is 0 Å². The third kappa shape index (κ3) is 2.80. The van der Waals surface area contributed by atoms with Gasteiger partial charge in [-0.1, -0.05) is 12.1 Å². The maximum absolute atomic E-state index is 13.2. The Labute approximate surface area is 87.2 Å². The van der Waals surface area contributed by atoms with Gasteiger partial charge in [-0.25, -0.2) is 4.39 Å². The number of hydrogen-bond donors (Lipinski definition) is 2. The number of carbonyl (C=O) groups is 1. The average molecular weight is 209 g/mol. The molecule has 0 radical (unpaired) electrons. The van der Waals surface area contributed by atoms with Crippen LogP contribution in [0.5, 0.6) is 5.75 Å². The summed E-state index contributed by atoms with van der Waals surface area (Å²) in [5, 5.41) is 11.8. The molecule has 0 bridgehead atoms. The van der Waals surface area contributed by atoms with E-state index < -0.39 is 11.7 Å². The van der Waals surface area contributed by atoms with Crippen molar-refractivity contribution in [3.05, 3.63) is 42.2 Å². The molecule has 0 aliphatic heterocycles. The van der Waals surface area contributed by atoms with E-state index in [9.17, 15) is 14.3 Å². The monoisotopic (exact) mass is 209 g/mol. The first kappa shape index (κ1) is 11.2. The molecule has 0 saturated carbocycles. The van der Waals surface area contributed by atoms with Gasteiger partial charge >= 0.3 is 0 Å². The van der Waals surface area contributed by atoms with Gasteiger partial charge in [-0.2, -0.15) is 0 Å². The van der Waals surface area contributed by atoms with E-state index in [1.165, 1.54) is 12.1 Å². The predicted octanol–water partition coefficient (Wildman–Crippen LogP) is 1.84. The van der Waals surface area contributed by atoms with Gasteiger partial charge in [0.25, 0.3) is 5.91 Å². The third-order valence-corrected chi connectivity index (χ3v) is 1.85. The molecule has 0 heterocycles. The lowest BCUT2D eigenvalue weighted by Gasteiger charge is -2.06. The summed E-state index contributed by atoms with van der Waals surface area (Å²) in [6.45, 7) is 3.86. The number of carbonyl (C=O) groups excluding carboxylic acids is 1. The second kappa shape index (κ2) is 5.14. The van der Waals surface area contributed by atoms with E-state index in [4.69, 9.17) is 0 Å². The van der Waals surface area contributed by atoms with Crippen LogP contribution in [0.1, 0.15) is 16.8 Å². The van der Waals surface area contributed by atoms with E-state index in [1.54, 1.807) is 6.08 Å². The molecule has 0 fully saturated rings. The highest BCUT2D eigenvalue weighted by Crippen LogP contribution is 2.19. The van der Waals surface area contributed by atoms with E-state index in [2.05, 4.69) is 11.9 Å². The van der Waals surface area contributed by atoms with Crippen molar-refractivity contribution in [3.63, 3.8) is 0 Å². The molecule has 0 aromatic heterocycles. The highest BCUT2D eigenvalue weighted by atomic mass is 19.1. The maximum Gasteiger partial charge on any atom is 0.258 e. The summed E-state index contributed by atoms with van der Waals surface area (Å²) in [6.07, 6.45) is 2.24. The van der Waals surface area contributed by atoms with Gasteiger partial charge in [-0.15, -0.1) is 6.58 Å². The lowest BCUT2D eigenvalue weighted by atomic mass is 10.1. The Morgan fingerprint density at radius 3 is 2.93 bits per heavy atom. The van der Waals surface area contributed by atoms with Crippen LogP contribution in [-0.4, -0.2) is 17.6 Å². The van der Waals surface area contributed by atoms with Gasteiger partial charge in [0.15, 0.2) is 0 Å². The number of benzene rings is 1. The lowest BCUT2D eigenvalue weighted by molar-refractivity contribution is 0.0947. The smallest absolute Gasteiger partial charge is 0.258 e. The topological polar surface area (TPSA) is 49.3 Å². The van der Waals surface area contributed by atoms with Crippen molar-refractivity contribution in [2.24, 2.45) is 0 Å². The summed E-state index contributed by atoms with van der Waals surface area (Å²) in [6, 6.07) is 3.73. The van der Waals surface area contributed by atoms with Crippen LogP contribution in [0, 0.1) is 5.82 Å². The van der Waals surface area contributed by atoms with Crippen molar-refractivity contribution in [1.82, 2.24) is 5.32 Å². The number of aromatic hydroxyl groups is 1. The normalized spacial score (nSPS) is 9.67. The van der Waals surface area contributed by atoms with Crippen LogP contribution in [0.3, 0.4) is 0 Å². The van der Waals surface area contributed by atoms with Gasteiger partial charge in [0, 0.05) is 6.54 Å². The summed E-state index contributed by atoms with van der Waals surface area (Å²) in [5.41, 5.74) is -0.318. The van der Waals surface area contributed by atoms with Gasteiger partial charge in [-0.3, -0.25) is 4.79 Å². The molecule has 1 aromatic rings. The fourth-order valence-electron chi connectivity index (χ4n) is 1.11.